The third-order valence-electron chi connectivity index (χ3n) is 7.31. The highest BCUT2D eigenvalue weighted by Gasteiger charge is 2.33. The number of aromatic nitrogens is 2. The topological polar surface area (TPSA) is 71.2 Å². The molecular formula is C26H26Cl2N4O2. The van der Waals surface area contributed by atoms with Crippen molar-refractivity contribution in [1.82, 2.24) is 14.5 Å². The average molecular weight is 497 g/mol. The van der Waals surface area contributed by atoms with Crippen molar-refractivity contribution in [3.63, 3.8) is 0 Å². The summed E-state index contributed by atoms with van der Waals surface area (Å²) in [5.41, 5.74) is 4.42. The number of nitriles is 1. The van der Waals surface area contributed by atoms with E-state index in [4.69, 9.17) is 32.9 Å². The second-order valence-electron chi connectivity index (χ2n) is 9.35. The van der Waals surface area contributed by atoms with Crippen LogP contribution in [0.3, 0.4) is 0 Å². The average Bonchev–Trinajstić information content (AvgIpc) is 3.11. The molecule has 1 amide bonds. The van der Waals surface area contributed by atoms with Crippen molar-refractivity contribution in [3.8, 4) is 6.07 Å². The van der Waals surface area contributed by atoms with Crippen LogP contribution in [0.1, 0.15) is 45.7 Å². The number of hydrogen-bond donors (Lipinski definition) is 0. The number of fused-ring (bicyclic) bond motifs is 1. The lowest BCUT2D eigenvalue weighted by Gasteiger charge is -2.39. The minimum atomic E-state index is -0.0502. The summed E-state index contributed by atoms with van der Waals surface area (Å²) in [6.45, 7) is 5.12. The number of halogens is 2. The normalized spacial score (nSPS) is 17.1. The van der Waals surface area contributed by atoms with Gasteiger partial charge in [-0.3, -0.25) is 4.79 Å². The van der Waals surface area contributed by atoms with Crippen LogP contribution in [0.5, 0.6) is 0 Å². The van der Waals surface area contributed by atoms with Crippen molar-refractivity contribution >= 4 is 40.1 Å². The van der Waals surface area contributed by atoms with Crippen molar-refractivity contribution in [2.24, 2.45) is 18.9 Å². The molecule has 2 fully saturated rings. The van der Waals surface area contributed by atoms with Gasteiger partial charge in [-0.05, 0) is 61.1 Å². The maximum Gasteiger partial charge on any atom is 0.255 e. The Hall–Kier alpha value is -2.59. The predicted octanol–water partition coefficient (Wildman–Crippen LogP) is 5.15. The van der Waals surface area contributed by atoms with Gasteiger partial charge in [-0.25, -0.2) is 4.98 Å². The number of hydrogen-bond acceptors (Lipinski definition) is 4. The van der Waals surface area contributed by atoms with Crippen LogP contribution in [0, 0.1) is 30.1 Å². The number of carbonyl (C=O) groups excluding carboxylic acids is 1. The molecule has 0 unspecified atom stereocenters. The molecule has 1 aromatic heterocycles. The fourth-order valence-corrected chi connectivity index (χ4v) is 5.67. The lowest BCUT2D eigenvalue weighted by Crippen LogP contribution is -2.44. The van der Waals surface area contributed by atoms with Gasteiger partial charge in [0.05, 0.1) is 46.5 Å². The molecule has 0 saturated carbocycles. The van der Waals surface area contributed by atoms with E-state index in [-0.39, 0.29) is 5.91 Å². The third kappa shape index (κ3) is 4.07. The summed E-state index contributed by atoms with van der Waals surface area (Å²) in [7, 11) is 1.92. The molecule has 8 heteroatoms. The van der Waals surface area contributed by atoms with E-state index >= 15 is 0 Å². The summed E-state index contributed by atoms with van der Waals surface area (Å²) in [5.74, 6) is 2.00. The summed E-state index contributed by atoms with van der Waals surface area (Å²) in [6, 6.07) is 9.34. The zero-order valence-corrected chi connectivity index (χ0v) is 20.8. The first-order chi connectivity index (χ1) is 16.4. The molecule has 0 aliphatic carbocycles. The number of ether oxygens (including phenoxy) is 1. The van der Waals surface area contributed by atoms with Gasteiger partial charge in [0.25, 0.3) is 5.91 Å². The zero-order chi connectivity index (χ0) is 24.0. The smallest absolute Gasteiger partial charge is 0.255 e. The van der Waals surface area contributed by atoms with Gasteiger partial charge in [0.15, 0.2) is 0 Å². The summed E-state index contributed by atoms with van der Waals surface area (Å²) < 4.78 is 7.29. The van der Waals surface area contributed by atoms with E-state index in [9.17, 15) is 10.1 Å². The molecule has 0 atom stereocenters. The SMILES string of the molecule is Cc1cc(C#N)cc2c1nc(Cc1c(Cl)ccc(C(=O)N3CCC(C4COC4)CC3)c1Cl)n2C. The van der Waals surface area contributed by atoms with Gasteiger partial charge in [-0.1, -0.05) is 23.2 Å². The Morgan fingerprint density at radius 2 is 1.94 bits per heavy atom. The van der Waals surface area contributed by atoms with Gasteiger partial charge in [0.2, 0.25) is 0 Å². The number of amides is 1. The largest absolute Gasteiger partial charge is 0.381 e. The van der Waals surface area contributed by atoms with E-state index in [0.29, 0.717) is 45.0 Å². The molecule has 0 bridgehead atoms. The van der Waals surface area contributed by atoms with E-state index in [1.54, 1.807) is 12.1 Å². The van der Waals surface area contributed by atoms with Gasteiger partial charge in [0.1, 0.15) is 5.82 Å². The van der Waals surface area contributed by atoms with Crippen LogP contribution in [0.2, 0.25) is 10.0 Å². The highest BCUT2D eigenvalue weighted by molar-refractivity contribution is 6.38. The number of likely N-dealkylation sites (tertiary alicyclic amines) is 1. The van der Waals surface area contributed by atoms with E-state index in [2.05, 4.69) is 6.07 Å². The number of aryl methyl sites for hydroxylation is 2. The summed E-state index contributed by atoms with van der Waals surface area (Å²) >= 11 is 13.3. The molecule has 3 heterocycles. The molecule has 0 radical (unpaired) electrons. The van der Waals surface area contributed by atoms with Crippen LogP contribution in [0.4, 0.5) is 0 Å². The highest BCUT2D eigenvalue weighted by Crippen LogP contribution is 2.34. The Kier molecular flexibility index (Phi) is 6.28. The molecule has 5 rings (SSSR count). The monoisotopic (exact) mass is 496 g/mol. The van der Waals surface area contributed by atoms with E-state index in [1.165, 1.54) is 0 Å². The van der Waals surface area contributed by atoms with Crippen LogP contribution < -0.4 is 0 Å². The first-order valence-corrected chi connectivity index (χ1v) is 12.3. The van der Waals surface area contributed by atoms with Gasteiger partial charge in [-0.15, -0.1) is 0 Å². The number of piperidine rings is 1. The molecule has 0 spiro atoms. The van der Waals surface area contributed by atoms with Gasteiger partial charge in [-0.2, -0.15) is 5.26 Å². The maximum atomic E-state index is 13.3. The summed E-state index contributed by atoms with van der Waals surface area (Å²) in [6.07, 6.45) is 2.39. The molecular weight excluding hydrogens is 471 g/mol. The molecule has 2 aromatic carbocycles. The standard InChI is InChI=1S/C26H26Cl2N4O2/c1-15-9-16(12-29)10-22-25(15)30-23(31(22)2)11-20-21(27)4-3-19(24(20)28)26(33)32-7-5-17(6-8-32)18-13-34-14-18/h3-4,9-10,17-18H,5-8,11,13-14H2,1-2H3. The van der Waals surface area contributed by atoms with E-state index in [1.807, 2.05) is 35.6 Å². The fourth-order valence-electron chi connectivity index (χ4n) is 5.08. The molecule has 3 aromatic rings. The second kappa shape index (κ2) is 9.22. The van der Waals surface area contributed by atoms with Crippen molar-refractivity contribution in [2.75, 3.05) is 26.3 Å². The van der Waals surface area contributed by atoms with Gasteiger partial charge < -0.3 is 14.2 Å². The summed E-state index contributed by atoms with van der Waals surface area (Å²) in [4.78, 5) is 20.0. The Balaban J connectivity index is 1.41. The van der Waals surface area contributed by atoms with Crippen molar-refractivity contribution < 1.29 is 9.53 Å². The van der Waals surface area contributed by atoms with Crippen LogP contribution in [0.15, 0.2) is 24.3 Å². The van der Waals surface area contributed by atoms with Crippen LogP contribution >= 0.6 is 23.2 Å². The van der Waals surface area contributed by atoms with Crippen molar-refractivity contribution in [1.29, 1.82) is 5.26 Å². The zero-order valence-electron chi connectivity index (χ0n) is 19.3. The quantitative estimate of drug-likeness (QED) is 0.500. The van der Waals surface area contributed by atoms with Gasteiger partial charge >= 0.3 is 0 Å². The van der Waals surface area contributed by atoms with Crippen molar-refractivity contribution in [2.45, 2.75) is 26.2 Å². The number of rotatable bonds is 4. The number of imidazole rings is 1. The first-order valence-electron chi connectivity index (χ1n) is 11.6. The molecule has 2 saturated heterocycles. The van der Waals surface area contributed by atoms with Gasteiger partial charge in [0, 0.05) is 37.5 Å². The Morgan fingerprint density at radius 1 is 1.21 bits per heavy atom. The number of benzene rings is 2. The van der Waals surface area contributed by atoms with Crippen LogP contribution in [-0.2, 0) is 18.2 Å². The maximum absolute atomic E-state index is 13.3. The summed E-state index contributed by atoms with van der Waals surface area (Å²) in [5, 5.41) is 10.2. The third-order valence-corrected chi connectivity index (χ3v) is 8.09. The molecule has 34 heavy (non-hydrogen) atoms. The van der Waals surface area contributed by atoms with Crippen LogP contribution in [-0.4, -0.2) is 46.7 Å². The minimum absolute atomic E-state index is 0.0502. The highest BCUT2D eigenvalue weighted by atomic mass is 35.5. The van der Waals surface area contributed by atoms with E-state index < -0.39 is 0 Å². The van der Waals surface area contributed by atoms with E-state index in [0.717, 1.165) is 61.6 Å². The molecule has 2 aliphatic rings. The Morgan fingerprint density at radius 3 is 2.59 bits per heavy atom. The molecule has 176 valence electrons. The van der Waals surface area contributed by atoms with Crippen molar-refractivity contribution in [3.05, 3.63) is 62.4 Å². The minimum Gasteiger partial charge on any atom is -0.381 e. The number of nitrogens with zero attached hydrogens (tertiary/aromatic N) is 4. The Bertz CT molecular complexity index is 1310. The number of carbonyl (C=O) groups is 1. The lowest BCUT2D eigenvalue weighted by molar-refractivity contribution is -0.0707. The molecule has 0 N–H and O–H groups in total. The predicted molar refractivity (Wildman–Crippen MR) is 132 cm³/mol. The first kappa shape index (κ1) is 23.2. The Labute approximate surface area is 209 Å². The fraction of sp³-hybridized carbons (Fsp3) is 0.423. The molecule has 6 nitrogen and oxygen atoms in total. The lowest BCUT2D eigenvalue weighted by atomic mass is 9.83. The van der Waals surface area contributed by atoms with Crippen LogP contribution in [0.25, 0.3) is 11.0 Å². The second-order valence-corrected chi connectivity index (χ2v) is 10.1. The molecule has 2 aliphatic heterocycles.